The Kier molecular flexibility index (Phi) is 6.38. The highest BCUT2D eigenvalue weighted by Crippen LogP contribution is 2.22. The number of rotatable bonds is 6. The monoisotopic (exact) mass is 360 g/mol. The summed E-state index contributed by atoms with van der Waals surface area (Å²) >= 11 is 0. The van der Waals surface area contributed by atoms with Crippen LogP contribution in [0.5, 0.6) is 5.75 Å². The van der Waals surface area contributed by atoms with Crippen LogP contribution in [-0.4, -0.2) is 56.4 Å². The first-order valence-electron chi connectivity index (χ1n) is 9.82. The lowest BCUT2D eigenvalue weighted by Gasteiger charge is -2.45. The number of hydrogen-bond acceptors (Lipinski definition) is 5. The Hall–Kier alpha value is -1.79. The Morgan fingerprint density at radius 2 is 1.85 bits per heavy atom. The van der Waals surface area contributed by atoms with Crippen molar-refractivity contribution in [2.24, 2.45) is 5.92 Å². The molecular weight excluding hydrogens is 328 g/mol. The van der Waals surface area contributed by atoms with Crippen LogP contribution in [0.15, 0.2) is 24.3 Å². The summed E-state index contributed by atoms with van der Waals surface area (Å²) in [5.41, 5.74) is 1.22. The molecule has 0 spiro atoms. The molecule has 1 aromatic rings. The number of carbonyl (C=O) groups is 1. The summed E-state index contributed by atoms with van der Waals surface area (Å²) in [5, 5.41) is 6.79. The van der Waals surface area contributed by atoms with Gasteiger partial charge in [-0.2, -0.15) is 0 Å². The standard InChI is InChI=1S/C20H32N4O2/c1-4-5-6-18-15(2)21-20(22-19(18)25)24-13-11-23(12-14-24)16-7-9-17(26-3)10-8-16/h7-10,15,18,20-21H,4-6,11-14H2,1-3H3,(H,22,25). The Bertz CT molecular complexity index is 584. The van der Waals surface area contributed by atoms with Gasteiger partial charge in [0.1, 0.15) is 12.0 Å². The highest BCUT2D eigenvalue weighted by atomic mass is 16.5. The number of ether oxygens (including phenoxy) is 1. The fourth-order valence-electron chi connectivity index (χ4n) is 3.91. The Morgan fingerprint density at radius 3 is 2.42 bits per heavy atom. The van der Waals surface area contributed by atoms with E-state index in [-0.39, 0.29) is 24.2 Å². The van der Waals surface area contributed by atoms with Crippen LogP contribution in [0.2, 0.25) is 0 Å². The molecule has 144 valence electrons. The molecule has 6 nitrogen and oxygen atoms in total. The van der Waals surface area contributed by atoms with E-state index in [0.717, 1.165) is 51.2 Å². The third-order valence-electron chi connectivity index (χ3n) is 5.63. The van der Waals surface area contributed by atoms with E-state index in [1.807, 2.05) is 12.1 Å². The maximum absolute atomic E-state index is 12.5. The second-order valence-corrected chi connectivity index (χ2v) is 7.34. The first kappa shape index (κ1) is 19.0. The minimum Gasteiger partial charge on any atom is -0.497 e. The largest absolute Gasteiger partial charge is 0.497 e. The summed E-state index contributed by atoms with van der Waals surface area (Å²) in [6.07, 6.45) is 3.16. The van der Waals surface area contributed by atoms with Crippen LogP contribution in [0.4, 0.5) is 5.69 Å². The molecule has 3 rings (SSSR count). The highest BCUT2D eigenvalue weighted by molar-refractivity contribution is 5.80. The van der Waals surface area contributed by atoms with E-state index < -0.39 is 0 Å². The second-order valence-electron chi connectivity index (χ2n) is 7.34. The molecule has 0 aromatic heterocycles. The third kappa shape index (κ3) is 4.30. The van der Waals surface area contributed by atoms with Crippen LogP contribution in [0.3, 0.4) is 0 Å². The molecule has 2 heterocycles. The molecule has 0 saturated carbocycles. The van der Waals surface area contributed by atoms with Gasteiger partial charge in [0.05, 0.1) is 13.0 Å². The topological polar surface area (TPSA) is 56.8 Å². The van der Waals surface area contributed by atoms with Gasteiger partial charge < -0.3 is 15.0 Å². The predicted octanol–water partition coefficient (Wildman–Crippen LogP) is 2.02. The van der Waals surface area contributed by atoms with Crippen molar-refractivity contribution >= 4 is 11.6 Å². The zero-order valence-corrected chi connectivity index (χ0v) is 16.2. The number of nitrogens with one attached hydrogen (secondary N) is 2. The molecule has 0 aliphatic carbocycles. The van der Waals surface area contributed by atoms with Crippen molar-refractivity contribution < 1.29 is 9.53 Å². The summed E-state index contributed by atoms with van der Waals surface area (Å²) in [5.74, 6) is 1.17. The zero-order valence-electron chi connectivity index (χ0n) is 16.2. The lowest BCUT2D eigenvalue weighted by Crippen LogP contribution is -2.68. The number of nitrogens with zero attached hydrogens (tertiary/aromatic N) is 2. The first-order valence-corrected chi connectivity index (χ1v) is 9.82. The van der Waals surface area contributed by atoms with Crippen LogP contribution in [-0.2, 0) is 4.79 Å². The molecule has 2 aliphatic heterocycles. The number of piperazine rings is 1. The van der Waals surface area contributed by atoms with Crippen molar-refractivity contribution in [3.8, 4) is 5.75 Å². The van der Waals surface area contributed by atoms with Crippen LogP contribution >= 0.6 is 0 Å². The van der Waals surface area contributed by atoms with Crippen LogP contribution in [0.25, 0.3) is 0 Å². The average molecular weight is 361 g/mol. The summed E-state index contributed by atoms with van der Waals surface area (Å²) in [7, 11) is 1.69. The molecular formula is C20H32N4O2. The molecule has 3 atom stereocenters. The molecule has 26 heavy (non-hydrogen) atoms. The molecule has 0 bridgehead atoms. The van der Waals surface area contributed by atoms with Gasteiger partial charge in [-0.1, -0.05) is 19.8 Å². The molecule has 2 N–H and O–H groups in total. The number of hydrogen-bond donors (Lipinski definition) is 2. The van der Waals surface area contributed by atoms with Gasteiger partial charge in [0.25, 0.3) is 0 Å². The molecule has 2 aliphatic rings. The van der Waals surface area contributed by atoms with Crippen molar-refractivity contribution in [1.82, 2.24) is 15.5 Å². The van der Waals surface area contributed by atoms with E-state index >= 15 is 0 Å². The Balaban J connectivity index is 1.52. The summed E-state index contributed by atoms with van der Waals surface area (Å²) in [4.78, 5) is 17.2. The highest BCUT2D eigenvalue weighted by Gasteiger charge is 2.36. The van der Waals surface area contributed by atoms with E-state index in [2.05, 4.69) is 46.4 Å². The van der Waals surface area contributed by atoms with Gasteiger partial charge in [0.15, 0.2) is 0 Å². The Morgan fingerprint density at radius 1 is 1.15 bits per heavy atom. The van der Waals surface area contributed by atoms with Gasteiger partial charge in [-0.25, -0.2) is 0 Å². The van der Waals surface area contributed by atoms with Crippen molar-refractivity contribution in [2.45, 2.75) is 45.4 Å². The molecule has 1 aromatic carbocycles. The minimum absolute atomic E-state index is 0.0478. The van der Waals surface area contributed by atoms with Gasteiger partial charge in [-0.05, 0) is 37.6 Å². The van der Waals surface area contributed by atoms with Crippen molar-refractivity contribution in [2.75, 3.05) is 38.2 Å². The van der Waals surface area contributed by atoms with Crippen molar-refractivity contribution in [1.29, 1.82) is 0 Å². The average Bonchev–Trinajstić information content (AvgIpc) is 2.67. The number of benzene rings is 1. The molecule has 0 radical (unpaired) electrons. The van der Waals surface area contributed by atoms with Crippen molar-refractivity contribution in [3.63, 3.8) is 0 Å². The number of unbranched alkanes of at least 4 members (excludes halogenated alkanes) is 1. The van der Waals surface area contributed by atoms with E-state index in [1.165, 1.54) is 5.69 Å². The number of methoxy groups -OCH3 is 1. The number of anilines is 1. The maximum Gasteiger partial charge on any atom is 0.226 e. The quantitative estimate of drug-likeness (QED) is 0.813. The smallest absolute Gasteiger partial charge is 0.226 e. The minimum atomic E-state index is -0.0478. The summed E-state index contributed by atoms with van der Waals surface area (Å²) in [6, 6.07) is 8.44. The molecule has 2 fully saturated rings. The van der Waals surface area contributed by atoms with E-state index in [1.54, 1.807) is 7.11 Å². The number of carbonyl (C=O) groups excluding carboxylic acids is 1. The van der Waals surface area contributed by atoms with Crippen LogP contribution in [0.1, 0.15) is 33.1 Å². The second kappa shape index (κ2) is 8.73. The molecule has 6 heteroatoms. The number of amides is 1. The van der Waals surface area contributed by atoms with Crippen LogP contribution < -0.4 is 20.3 Å². The van der Waals surface area contributed by atoms with E-state index in [4.69, 9.17) is 4.74 Å². The fourth-order valence-corrected chi connectivity index (χ4v) is 3.91. The SMILES string of the molecule is CCCCC1C(=O)NC(N2CCN(c3ccc(OC)cc3)CC2)NC1C. The molecule has 3 unspecified atom stereocenters. The summed E-state index contributed by atoms with van der Waals surface area (Å²) in [6.45, 7) is 8.07. The van der Waals surface area contributed by atoms with Gasteiger partial charge in [-0.3, -0.25) is 15.0 Å². The fraction of sp³-hybridized carbons (Fsp3) is 0.650. The van der Waals surface area contributed by atoms with Gasteiger partial charge in [-0.15, -0.1) is 0 Å². The lowest BCUT2D eigenvalue weighted by atomic mass is 9.92. The van der Waals surface area contributed by atoms with E-state index in [0.29, 0.717) is 0 Å². The zero-order chi connectivity index (χ0) is 18.5. The molecule has 1 amide bonds. The van der Waals surface area contributed by atoms with E-state index in [9.17, 15) is 4.79 Å². The normalized spacial score (nSPS) is 27.3. The Labute approximate surface area is 156 Å². The van der Waals surface area contributed by atoms with Gasteiger partial charge >= 0.3 is 0 Å². The third-order valence-corrected chi connectivity index (χ3v) is 5.63. The van der Waals surface area contributed by atoms with Gasteiger partial charge in [0, 0.05) is 37.9 Å². The van der Waals surface area contributed by atoms with Crippen LogP contribution in [0, 0.1) is 5.92 Å². The predicted molar refractivity (Wildman–Crippen MR) is 104 cm³/mol. The summed E-state index contributed by atoms with van der Waals surface area (Å²) < 4.78 is 5.23. The molecule has 2 saturated heterocycles. The lowest BCUT2D eigenvalue weighted by molar-refractivity contribution is -0.132. The maximum atomic E-state index is 12.5. The van der Waals surface area contributed by atoms with Crippen molar-refractivity contribution in [3.05, 3.63) is 24.3 Å². The van der Waals surface area contributed by atoms with Gasteiger partial charge in [0.2, 0.25) is 5.91 Å². The first-order chi connectivity index (χ1) is 12.6.